The molecule has 3 heterocycles. The van der Waals surface area contributed by atoms with Crippen LogP contribution in [0, 0.1) is 0 Å². The van der Waals surface area contributed by atoms with Crippen molar-refractivity contribution in [2.24, 2.45) is 0 Å². The molecular weight excluding hydrogens is 401 g/mol. The minimum atomic E-state index is -4.87. The average molecular weight is 418 g/mol. The Kier molecular flexibility index (Phi) is 5.25. The summed E-state index contributed by atoms with van der Waals surface area (Å²) in [5, 5.41) is 4.14. The Morgan fingerprint density at radius 3 is 2.43 bits per heavy atom. The maximum absolute atomic E-state index is 12.8. The highest BCUT2D eigenvalue weighted by Gasteiger charge is 2.34. The summed E-state index contributed by atoms with van der Waals surface area (Å²) in [6, 6.07) is 8.93. The largest absolute Gasteiger partial charge is 0.573 e. The molecule has 0 N–H and O–H groups in total. The fourth-order valence-electron chi connectivity index (χ4n) is 3.21. The van der Waals surface area contributed by atoms with Crippen molar-refractivity contribution < 1.29 is 22.7 Å². The van der Waals surface area contributed by atoms with Gasteiger partial charge in [-0.1, -0.05) is 12.1 Å². The summed E-state index contributed by atoms with van der Waals surface area (Å²) in [4.78, 5) is 24.7. The van der Waals surface area contributed by atoms with E-state index in [-0.39, 0.29) is 5.56 Å². The molecule has 0 unspecified atom stereocenters. The SMILES string of the molecule is O=C(c1ccccc1OC(F)(F)F)N1CCN(c2cc(-n3cccn3)ncn2)CC1. The second-order valence-electron chi connectivity index (χ2n) is 6.51. The molecule has 1 aromatic carbocycles. The van der Waals surface area contributed by atoms with Crippen LogP contribution in [0.4, 0.5) is 19.0 Å². The van der Waals surface area contributed by atoms with Gasteiger partial charge in [0.1, 0.15) is 17.9 Å². The van der Waals surface area contributed by atoms with Crippen molar-refractivity contribution in [3.05, 3.63) is 60.7 Å². The van der Waals surface area contributed by atoms with Gasteiger partial charge >= 0.3 is 6.36 Å². The van der Waals surface area contributed by atoms with E-state index in [2.05, 4.69) is 19.8 Å². The van der Waals surface area contributed by atoms with Crippen LogP contribution in [-0.2, 0) is 0 Å². The van der Waals surface area contributed by atoms with Crippen molar-refractivity contribution in [2.75, 3.05) is 31.1 Å². The topological polar surface area (TPSA) is 76.4 Å². The number of carbonyl (C=O) groups is 1. The molecule has 0 bridgehead atoms. The normalized spacial score (nSPS) is 14.6. The predicted molar refractivity (Wildman–Crippen MR) is 100 cm³/mol. The lowest BCUT2D eigenvalue weighted by Gasteiger charge is -2.35. The number of carbonyl (C=O) groups excluding carboxylic acids is 1. The van der Waals surface area contributed by atoms with Crippen LogP contribution < -0.4 is 9.64 Å². The molecule has 30 heavy (non-hydrogen) atoms. The average Bonchev–Trinajstić information content (AvgIpc) is 3.28. The number of ether oxygens (including phenoxy) is 1. The van der Waals surface area contributed by atoms with E-state index in [4.69, 9.17) is 0 Å². The van der Waals surface area contributed by atoms with Crippen LogP contribution in [0.15, 0.2) is 55.1 Å². The number of alkyl halides is 3. The molecule has 4 rings (SSSR count). The number of benzene rings is 1. The van der Waals surface area contributed by atoms with Gasteiger partial charge in [0.25, 0.3) is 5.91 Å². The molecule has 0 aliphatic carbocycles. The van der Waals surface area contributed by atoms with E-state index < -0.39 is 18.0 Å². The Morgan fingerprint density at radius 1 is 1.00 bits per heavy atom. The zero-order valence-electron chi connectivity index (χ0n) is 15.7. The quantitative estimate of drug-likeness (QED) is 0.648. The molecule has 3 aromatic rings. The summed E-state index contributed by atoms with van der Waals surface area (Å²) in [5.74, 6) is 0.289. The van der Waals surface area contributed by atoms with Gasteiger partial charge in [-0.25, -0.2) is 14.6 Å². The maximum Gasteiger partial charge on any atom is 0.573 e. The van der Waals surface area contributed by atoms with Gasteiger partial charge in [0.2, 0.25) is 0 Å². The Balaban J connectivity index is 1.44. The van der Waals surface area contributed by atoms with Crippen molar-refractivity contribution in [1.29, 1.82) is 0 Å². The van der Waals surface area contributed by atoms with E-state index >= 15 is 0 Å². The van der Waals surface area contributed by atoms with E-state index in [9.17, 15) is 18.0 Å². The zero-order valence-corrected chi connectivity index (χ0v) is 15.7. The Labute approximate surface area is 169 Å². The number of amides is 1. The molecule has 0 spiro atoms. The van der Waals surface area contributed by atoms with Crippen LogP contribution in [0.3, 0.4) is 0 Å². The van der Waals surface area contributed by atoms with Gasteiger partial charge in [-0.05, 0) is 18.2 Å². The predicted octanol–water partition coefficient (Wildman–Crippen LogP) is 2.52. The molecule has 156 valence electrons. The molecule has 8 nitrogen and oxygen atoms in total. The summed E-state index contributed by atoms with van der Waals surface area (Å²) in [5.41, 5.74) is -0.119. The number of halogens is 3. The van der Waals surface area contributed by atoms with Gasteiger partial charge < -0.3 is 14.5 Å². The number of piperazine rings is 1. The van der Waals surface area contributed by atoms with Gasteiger partial charge in [-0.15, -0.1) is 13.2 Å². The molecular formula is C19H17F3N6O2. The second kappa shape index (κ2) is 8.01. The first-order valence-corrected chi connectivity index (χ1v) is 9.12. The molecule has 1 aliphatic rings. The Morgan fingerprint density at radius 2 is 1.73 bits per heavy atom. The van der Waals surface area contributed by atoms with Crippen molar-refractivity contribution in [2.45, 2.75) is 6.36 Å². The lowest BCUT2D eigenvalue weighted by Crippen LogP contribution is -2.49. The highest BCUT2D eigenvalue weighted by Crippen LogP contribution is 2.27. The minimum Gasteiger partial charge on any atom is -0.405 e. The lowest BCUT2D eigenvalue weighted by atomic mass is 10.1. The number of hydrogen-bond acceptors (Lipinski definition) is 6. The van der Waals surface area contributed by atoms with Gasteiger partial charge in [0.15, 0.2) is 5.82 Å². The first-order chi connectivity index (χ1) is 14.4. The summed E-state index contributed by atoms with van der Waals surface area (Å²) in [6.07, 6.45) is -0.0152. The van der Waals surface area contributed by atoms with E-state index in [1.165, 1.54) is 29.4 Å². The zero-order chi connectivity index (χ0) is 21.1. The molecule has 0 radical (unpaired) electrons. The molecule has 0 atom stereocenters. The number of para-hydroxylation sites is 1. The molecule has 1 fully saturated rings. The van der Waals surface area contributed by atoms with Gasteiger partial charge in [-0.2, -0.15) is 5.10 Å². The van der Waals surface area contributed by atoms with Gasteiger partial charge in [-0.3, -0.25) is 4.79 Å². The second-order valence-corrected chi connectivity index (χ2v) is 6.51. The molecule has 1 aliphatic heterocycles. The first-order valence-electron chi connectivity index (χ1n) is 9.12. The lowest BCUT2D eigenvalue weighted by molar-refractivity contribution is -0.274. The maximum atomic E-state index is 12.8. The number of nitrogens with zero attached hydrogens (tertiary/aromatic N) is 6. The van der Waals surface area contributed by atoms with E-state index in [0.29, 0.717) is 37.8 Å². The molecule has 11 heteroatoms. The van der Waals surface area contributed by atoms with Crippen LogP contribution >= 0.6 is 0 Å². The fraction of sp³-hybridized carbons (Fsp3) is 0.263. The van der Waals surface area contributed by atoms with E-state index in [0.717, 1.165) is 6.07 Å². The molecule has 2 aromatic heterocycles. The van der Waals surface area contributed by atoms with Crippen LogP contribution in [0.2, 0.25) is 0 Å². The monoisotopic (exact) mass is 418 g/mol. The van der Waals surface area contributed by atoms with Crippen molar-refractivity contribution in [3.63, 3.8) is 0 Å². The number of rotatable bonds is 4. The smallest absolute Gasteiger partial charge is 0.405 e. The summed E-state index contributed by atoms with van der Waals surface area (Å²) in [6.45, 7) is 1.62. The van der Waals surface area contributed by atoms with Crippen molar-refractivity contribution in [3.8, 4) is 11.6 Å². The van der Waals surface area contributed by atoms with Gasteiger partial charge in [0.05, 0.1) is 5.56 Å². The summed E-state index contributed by atoms with van der Waals surface area (Å²) in [7, 11) is 0. The third-order valence-corrected chi connectivity index (χ3v) is 4.61. The fourth-order valence-corrected chi connectivity index (χ4v) is 3.21. The number of hydrogen-bond donors (Lipinski definition) is 0. The van der Waals surface area contributed by atoms with Crippen LogP contribution in [0.1, 0.15) is 10.4 Å². The Hall–Kier alpha value is -3.63. The highest BCUT2D eigenvalue weighted by molar-refractivity contribution is 5.97. The highest BCUT2D eigenvalue weighted by atomic mass is 19.4. The van der Waals surface area contributed by atoms with Crippen molar-refractivity contribution >= 4 is 11.7 Å². The number of aromatic nitrogens is 4. The molecule has 1 saturated heterocycles. The third kappa shape index (κ3) is 4.34. The summed E-state index contributed by atoms with van der Waals surface area (Å²) >= 11 is 0. The van der Waals surface area contributed by atoms with Crippen LogP contribution in [0.5, 0.6) is 5.75 Å². The molecule has 0 saturated carbocycles. The number of anilines is 1. The van der Waals surface area contributed by atoms with E-state index in [1.807, 2.05) is 4.90 Å². The third-order valence-electron chi connectivity index (χ3n) is 4.61. The Bertz CT molecular complexity index is 1020. The van der Waals surface area contributed by atoms with Crippen LogP contribution in [-0.4, -0.2) is 63.1 Å². The van der Waals surface area contributed by atoms with Crippen LogP contribution in [0.25, 0.3) is 5.82 Å². The summed E-state index contributed by atoms with van der Waals surface area (Å²) < 4.78 is 43.5. The van der Waals surface area contributed by atoms with Gasteiger partial charge in [0, 0.05) is 44.6 Å². The minimum absolute atomic E-state index is 0.119. The molecule has 1 amide bonds. The van der Waals surface area contributed by atoms with E-state index in [1.54, 1.807) is 29.2 Å². The van der Waals surface area contributed by atoms with Crippen molar-refractivity contribution in [1.82, 2.24) is 24.6 Å². The standard InChI is InChI=1S/C19H17F3N6O2/c20-19(21,22)30-15-5-2-1-4-14(15)18(29)27-10-8-26(9-11-27)16-12-17(24-13-23-16)28-7-3-6-25-28/h1-7,12-13H,8-11H2. The first kappa shape index (κ1) is 19.7.